The first-order valence-electron chi connectivity index (χ1n) is 11.4. The summed E-state index contributed by atoms with van der Waals surface area (Å²) in [6.07, 6.45) is 3.68. The molecule has 182 valence electrons. The van der Waals surface area contributed by atoms with Gasteiger partial charge in [0.05, 0.1) is 16.4 Å². The maximum absolute atomic E-state index is 12.4. The molecule has 2 N–H and O–H groups in total. The second-order valence-corrected chi connectivity index (χ2v) is 10.2. The quantitative estimate of drug-likeness (QED) is 0.201. The first kappa shape index (κ1) is 24.0. The zero-order valence-corrected chi connectivity index (χ0v) is 21.5. The fourth-order valence-corrected chi connectivity index (χ4v) is 5.25. The Balaban J connectivity index is 1.27. The molecule has 0 saturated carbocycles. The van der Waals surface area contributed by atoms with Crippen molar-refractivity contribution in [3.63, 3.8) is 0 Å². The largest absolute Gasteiger partial charge is 0.342 e. The van der Waals surface area contributed by atoms with Gasteiger partial charge in [0.2, 0.25) is 0 Å². The van der Waals surface area contributed by atoms with Crippen molar-refractivity contribution in [3.8, 4) is 0 Å². The number of anilines is 1. The number of halogens is 1. The summed E-state index contributed by atoms with van der Waals surface area (Å²) in [6.45, 7) is 1.53. The van der Waals surface area contributed by atoms with E-state index in [1.165, 1.54) is 16.9 Å². The van der Waals surface area contributed by atoms with Gasteiger partial charge in [0.25, 0.3) is 0 Å². The molecule has 3 aromatic carbocycles. The number of nitrogens with zero attached hydrogens (tertiary/aromatic N) is 4. The molecule has 9 heteroatoms. The molecule has 0 atom stereocenters. The highest BCUT2D eigenvalue weighted by Crippen LogP contribution is 2.27. The monoisotopic (exact) mass is 516 g/mol. The summed E-state index contributed by atoms with van der Waals surface area (Å²) in [7, 11) is 4.07. The van der Waals surface area contributed by atoms with Gasteiger partial charge < -0.3 is 9.47 Å². The lowest BCUT2D eigenvalue weighted by atomic mass is 10.2. The zero-order chi connectivity index (χ0) is 25.1. The fraction of sp³-hybridized carbons (Fsp3) is 0.148. The van der Waals surface area contributed by atoms with Crippen LogP contribution in [0.1, 0.15) is 16.7 Å². The third kappa shape index (κ3) is 5.57. The summed E-state index contributed by atoms with van der Waals surface area (Å²) in [6, 6.07) is 21.6. The molecule has 0 radical (unpaired) electrons. The van der Waals surface area contributed by atoms with Gasteiger partial charge in [-0.25, -0.2) is 15.2 Å². The van der Waals surface area contributed by atoms with Gasteiger partial charge in [0.15, 0.2) is 5.13 Å². The normalized spacial score (nSPS) is 11.7. The molecule has 0 aliphatic rings. The predicted molar refractivity (Wildman–Crippen MR) is 149 cm³/mol. The number of fused-ring (bicyclic) bond motifs is 2. The van der Waals surface area contributed by atoms with Crippen LogP contribution in [0.4, 0.5) is 9.93 Å². The maximum atomic E-state index is 12.4. The van der Waals surface area contributed by atoms with Crippen molar-refractivity contribution in [1.82, 2.24) is 19.9 Å². The van der Waals surface area contributed by atoms with Crippen molar-refractivity contribution in [3.05, 3.63) is 94.6 Å². The number of carbonyl (C=O) groups excluding carboxylic acids is 1. The van der Waals surface area contributed by atoms with Crippen LogP contribution in [0.15, 0.2) is 78.0 Å². The summed E-state index contributed by atoms with van der Waals surface area (Å²) in [5.74, 6) is 0. The number of hydrogen-bond donors (Lipinski definition) is 2. The van der Waals surface area contributed by atoms with Gasteiger partial charge in [-0.05, 0) is 55.6 Å². The number of para-hydroxylation sites is 1. The molecule has 5 rings (SSSR count). The first-order chi connectivity index (χ1) is 17.4. The number of rotatable bonds is 7. The van der Waals surface area contributed by atoms with E-state index in [0.29, 0.717) is 16.7 Å². The maximum Gasteiger partial charge on any atom is 0.341 e. The average molecular weight is 517 g/mol. The van der Waals surface area contributed by atoms with Crippen LogP contribution < -0.4 is 10.7 Å². The van der Waals surface area contributed by atoms with E-state index < -0.39 is 6.03 Å². The van der Waals surface area contributed by atoms with E-state index in [0.717, 1.165) is 38.8 Å². The molecule has 2 aromatic heterocycles. The lowest BCUT2D eigenvalue weighted by Gasteiger charge is -2.08. The highest BCUT2D eigenvalue weighted by molar-refractivity contribution is 7.22. The molecule has 0 aliphatic carbocycles. The third-order valence-electron chi connectivity index (χ3n) is 5.60. The van der Waals surface area contributed by atoms with Gasteiger partial charge in [0.1, 0.15) is 0 Å². The standard InChI is InChI=1S/C27H25ClN6OS/c1-33(2)15-19-10-11-23-25(13-19)36-27(30-23)31-26(35)32-29-14-20-17-34(24-9-4-3-8-22(20)24)16-18-6-5-7-21(28)12-18/h3-14,17H,15-16H2,1-2H3,(H2,30,31,32,35)/b29-14+. The molecular weight excluding hydrogens is 492 g/mol. The lowest BCUT2D eigenvalue weighted by molar-refractivity contribution is 0.252. The van der Waals surface area contributed by atoms with E-state index in [1.54, 1.807) is 6.21 Å². The van der Waals surface area contributed by atoms with Gasteiger partial charge in [0, 0.05) is 40.8 Å². The van der Waals surface area contributed by atoms with Crippen molar-refractivity contribution in [2.75, 3.05) is 19.4 Å². The Morgan fingerprint density at radius 3 is 2.81 bits per heavy atom. The molecule has 0 unspecified atom stereocenters. The van der Waals surface area contributed by atoms with Crippen LogP contribution in [0.2, 0.25) is 5.02 Å². The number of hydrazone groups is 1. The van der Waals surface area contributed by atoms with E-state index in [4.69, 9.17) is 11.6 Å². The molecule has 0 aliphatic heterocycles. The molecular formula is C27H25ClN6OS. The van der Waals surface area contributed by atoms with Gasteiger partial charge in [-0.3, -0.25) is 5.32 Å². The molecule has 0 fully saturated rings. The number of urea groups is 1. The van der Waals surface area contributed by atoms with Crippen LogP contribution in [0.25, 0.3) is 21.1 Å². The molecule has 0 saturated heterocycles. The summed E-state index contributed by atoms with van der Waals surface area (Å²) in [5.41, 5.74) is 7.69. The van der Waals surface area contributed by atoms with Crippen molar-refractivity contribution in [1.29, 1.82) is 0 Å². The smallest absolute Gasteiger partial charge is 0.341 e. The summed E-state index contributed by atoms with van der Waals surface area (Å²) < 4.78 is 3.18. The third-order valence-corrected chi connectivity index (χ3v) is 6.77. The Labute approximate surface area is 218 Å². The SMILES string of the molecule is CN(C)Cc1ccc2nc(NC(=O)N/N=C/c3cn(Cc4cccc(Cl)c4)c4ccccc34)sc2c1. The topological polar surface area (TPSA) is 74.6 Å². The molecule has 36 heavy (non-hydrogen) atoms. The second kappa shape index (κ2) is 10.5. The minimum Gasteiger partial charge on any atom is -0.342 e. The van der Waals surface area contributed by atoms with Crippen LogP contribution in [-0.2, 0) is 13.1 Å². The Morgan fingerprint density at radius 2 is 1.97 bits per heavy atom. The number of amides is 2. The minimum absolute atomic E-state index is 0.443. The number of carbonyl (C=O) groups is 1. The lowest BCUT2D eigenvalue weighted by Crippen LogP contribution is -2.24. The van der Waals surface area contributed by atoms with Crippen molar-refractivity contribution < 1.29 is 4.79 Å². The number of hydrogen-bond acceptors (Lipinski definition) is 5. The van der Waals surface area contributed by atoms with Gasteiger partial charge in [-0.1, -0.05) is 59.3 Å². The van der Waals surface area contributed by atoms with Crippen LogP contribution in [0.3, 0.4) is 0 Å². The highest BCUT2D eigenvalue weighted by atomic mass is 35.5. The van der Waals surface area contributed by atoms with Gasteiger partial charge >= 0.3 is 6.03 Å². The number of benzene rings is 3. The minimum atomic E-state index is -0.443. The number of nitrogens with one attached hydrogen (secondary N) is 2. The van der Waals surface area contributed by atoms with Crippen LogP contribution in [0.5, 0.6) is 0 Å². The van der Waals surface area contributed by atoms with E-state index in [-0.39, 0.29) is 0 Å². The van der Waals surface area contributed by atoms with Crippen molar-refractivity contribution in [2.45, 2.75) is 13.1 Å². The van der Waals surface area contributed by atoms with Gasteiger partial charge in [-0.2, -0.15) is 5.10 Å². The summed E-state index contributed by atoms with van der Waals surface area (Å²) in [5, 5.41) is 9.23. The Bertz CT molecular complexity index is 1570. The Kier molecular flexibility index (Phi) is 6.99. The molecule has 0 bridgehead atoms. The number of thiazole rings is 1. The Hall–Kier alpha value is -3.72. The second-order valence-electron chi connectivity index (χ2n) is 8.74. The van der Waals surface area contributed by atoms with Crippen LogP contribution in [-0.4, -0.2) is 40.8 Å². The zero-order valence-electron chi connectivity index (χ0n) is 19.9. The van der Waals surface area contributed by atoms with E-state index in [9.17, 15) is 4.79 Å². The van der Waals surface area contributed by atoms with Crippen LogP contribution in [0, 0.1) is 0 Å². The van der Waals surface area contributed by atoms with E-state index >= 15 is 0 Å². The Morgan fingerprint density at radius 1 is 1.11 bits per heavy atom. The fourth-order valence-electron chi connectivity index (χ4n) is 4.11. The predicted octanol–water partition coefficient (Wildman–Crippen LogP) is 6.17. The molecule has 5 aromatic rings. The van der Waals surface area contributed by atoms with Crippen molar-refractivity contribution in [2.24, 2.45) is 5.10 Å². The van der Waals surface area contributed by atoms with E-state index in [1.807, 2.05) is 68.8 Å². The summed E-state index contributed by atoms with van der Waals surface area (Å²) >= 11 is 7.59. The summed E-state index contributed by atoms with van der Waals surface area (Å²) in [4.78, 5) is 19.1. The molecule has 0 spiro atoms. The van der Waals surface area contributed by atoms with Gasteiger partial charge in [-0.15, -0.1) is 0 Å². The van der Waals surface area contributed by atoms with Crippen LogP contribution >= 0.6 is 22.9 Å². The van der Waals surface area contributed by atoms with E-state index in [2.05, 4.69) is 48.5 Å². The molecule has 2 heterocycles. The first-order valence-corrected chi connectivity index (χ1v) is 12.6. The highest BCUT2D eigenvalue weighted by Gasteiger charge is 2.10. The molecule has 2 amide bonds. The molecule has 7 nitrogen and oxygen atoms in total. The average Bonchev–Trinajstić information content (AvgIpc) is 3.39. The number of aromatic nitrogens is 2. The van der Waals surface area contributed by atoms with Crippen molar-refractivity contribution >= 4 is 61.4 Å².